The number of ether oxygens (including phenoxy) is 1. The third-order valence-electron chi connectivity index (χ3n) is 4.94. The number of rotatable bonds is 3. The van der Waals surface area contributed by atoms with Crippen LogP contribution < -0.4 is 10.1 Å². The van der Waals surface area contributed by atoms with E-state index in [1.54, 1.807) is 18.5 Å². The second kappa shape index (κ2) is 6.81. The number of fused-ring (bicyclic) bond motifs is 2. The molecule has 28 heavy (non-hydrogen) atoms. The molecular formula is C22H18N4O2. The van der Waals surface area contributed by atoms with Crippen molar-refractivity contribution in [1.29, 1.82) is 0 Å². The van der Waals surface area contributed by atoms with Crippen LogP contribution in [0.4, 0.5) is 0 Å². The van der Waals surface area contributed by atoms with E-state index in [1.165, 1.54) is 0 Å². The SMILES string of the molecule is O=C(N[C@H]1CCOc2ccccc21)c1ccc2nc(-c3cccnc3)[nH]c2c1. The van der Waals surface area contributed by atoms with Gasteiger partial charge >= 0.3 is 0 Å². The molecule has 0 unspecified atom stereocenters. The molecule has 4 aromatic rings. The predicted octanol–water partition coefficient (Wildman–Crippen LogP) is 3.88. The quantitative estimate of drug-likeness (QED) is 0.574. The summed E-state index contributed by atoms with van der Waals surface area (Å²) in [5.41, 5.74) is 4.15. The molecule has 2 aromatic carbocycles. The van der Waals surface area contributed by atoms with E-state index in [2.05, 4.69) is 20.3 Å². The molecule has 1 atom stereocenters. The van der Waals surface area contributed by atoms with Crippen molar-refractivity contribution >= 4 is 16.9 Å². The molecule has 0 spiro atoms. The first-order chi connectivity index (χ1) is 13.8. The summed E-state index contributed by atoms with van der Waals surface area (Å²) in [4.78, 5) is 24.8. The van der Waals surface area contributed by atoms with Gasteiger partial charge in [-0.05, 0) is 36.4 Å². The summed E-state index contributed by atoms with van der Waals surface area (Å²) >= 11 is 0. The molecule has 1 amide bonds. The van der Waals surface area contributed by atoms with E-state index >= 15 is 0 Å². The molecule has 0 bridgehead atoms. The van der Waals surface area contributed by atoms with Crippen LogP contribution in [0.25, 0.3) is 22.4 Å². The molecule has 0 fully saturated rings. The van der Waals surface area contributed by atoms with Crippen LogP contribution in [-0.2, 0) is 0 Å². The summed E-state index contributed by atoms with van der Waals surface area (Å²) in [6.45, 7) is 0.593. The number of aromatic amines is 1. The summed E-state index contributed by atoms with van der Waals surface area (Å²) < 4.78 is 5.67. The lowest BCUT2D eigenvalue weighted by Crippen LogP contribution is -2.32. The minimum atomic E-state index is -0.110. The van der Waals surface area contributed by atoms with E-state index in [0.717, 1.165) is 40.2 Å². The number of benzene rings is 2. The van der Waals surface area contributed by atoms with E-state index in [1.807, 2.05) is 48.5 Å². The Bertz CT molecular complexity index is 1150. The Labute approximate surface area is 161 Å². The molecule has 0 aliphatic carbocycles. The topological polar surface area (TPSA) is 79.9 Å². The van der Waals surface area contributed by atoms with Gasteiger partial charge in [0.05, 0.1) is 23.7 Å². The highest BCUT2D eigenvalue weighted by molar-refractivity contribution is 5.98. The third kappa shape index (κ3) is 2.99. The third-order valence-corrected chi connectivity index (χ3v) is 4.94. The van der Waals surface area contributed by atoms with Crippen LogP contribution in [0, 0.1) is 0 Å². The largest absolute Gasteiger partial charge is 0.493 e. The second-order valence-electron chi connectivity index (χ2n) is 6.76. The highest BCUT2D eigenvalue weighted by atomic mass is 16.5. The minimum Gasteiger partial charge on any atom is -0.493 e. The number of nitrogens with zero attached hydrogens (tertiary/aromatic N) is 2. The standard InChI is InChI=1S/C22H18N4O2/c27-22(26-17-9-11-28-20-6-2-1-5-16(17)20)14-7-8-18-19(12-14)25-21(24-18)15-4-3-10-23-13-15/h1-8,10,12-13,17H,9,11H2,(H,24,25)(H,26,27)/t17-/m0/s1. The number of carbonyl (C=O) groups is 1. The summed E-state index contributed by atoms with van der Waals surface area (Å²) in [5, 5.41) is 3.13. The average Bonchev–Trinajstić information content (AvgIpc) is 3.18. The van der Waals surface area contributed by atoms with Gasteiger partial charge in [-0.1, -0.05) is 18.2 Å². The fraction of sp³-hybridized carbons (Fsp3) is 0.136. The number of nitrogens with one attached hydrogen (secondary N) is 2. The molecule has 6 nitrogen and oxygen atoms in total. The molecule has 3 heterocycles. The normalized spacial score (nSPS) is 15.6. The van der Waals surface area contributed by atoms with Crippen molar-refractivity contribution in [3.63, 3.8) is 0 Å². The molecule has 2 aromatic heterocycles. The fourth-order valence-electron chi connectivity index (χ4n) is 3.52. The number of aromatic nitrogens is 3. The Morgan fingerprint density at radius 2 is 2.07 bits per heavy atom. The highest BCUT2D eigenvalue weighted by Crippen LogP contribution is 2.31. The van der Waals surface area contributed by atoms with Gasteiger partial charge in [-0.2, -0.15) is 0 Å². The zero-order chi connectivity index (χ0) is 18.9. The number of carbonyl (C=O) groups excluding carboxylic acids is 1. The number of amides is 1. The van der Waals surface area contributed by atoms with Gasteiger partial charge in [-0.25, -0.2) is 4.98 Å². The van der Waals surface area contributed by atoms with E-state index in [9.17, 15) is 4.79 Å². The van der Waals surface area contributed by atoms with Crippen LogP contribution >= 0.6 is 0 Å². The van der Waals surface area contributed by atoms with Crippen LogP contribution in [-0.4, -0.2) is 27.5 Å². The fourth-order valence-corrected chi connectivity index (χ4v) is 3.52. The number of pyridine rings is 1. The van der Waals surface area contributed by atoms with Gasteiger partial charge in [0, 0.05) is 35.5 Å². The highest BCUT2D eigenvalue weighted by Gasteiger charge is 2.23. The maximum absolute atomic E-state index is 12.8. The lowest BCUT2D eigenvalue weighted by atomic mass is 10.00. The summed E-state index contributed by atoms with van der Waals surface area (Å²) in [6, 6.07) is 17.1. The number of para-hydroxylation sites is 1. The Kier molecular flexibility index (Phi) is 4.01. The van der Waals surface area contributed by atoms with Crippen LogP contribution in [0.3, 0.4) is 0 Å². The molecular weight excluding hydrogens is 352 g/mol. The lowest BCUT2D eigenvalue weighted by molar-refractivity contribution is 0.0925. The zero-order valence-corrected chi connectivity index (χ0v) is 15.1. The molecule has 2 N–H and O–H groups in total. The first-order valence-corrected chi connectivity index (χ1v) is 9.21. The van der Waals surface area contributed by atoms with Gasteiger partial charge in [0.1, 0.15) is 11.6 Å². The van der Waals surface area contributed by atoms with Gasteiger partial charge in [0.15, 0.2) is 0 Å². The molecule has 138 valence electrons. The summed E-state index contributed by atoms with van der Waals surface area (Å²) in [7, 11) is 0. The number of hydrogen-bond acceptors (Lipinski definition) is 4. The Morgan fingerprint density at radius 3 is 2.96 bits per heavy atom. The Hall–Kier alpha value is -3.67. The van der Waals surface area contributed by atoms with Crippen molar-refractivity contribution in [3.8, 4) is 17.1 Å². The van der Waals surface area contributed by atoms with Crippen molar-refractivity contribution in [1.82, 2.24) is 20.3 Å². The summed E-state index contributed by atoms with van der Waals surface area (Å²) in [6.07, 6.45) is 4.23. The van der Waals surface area contributed by atoms with E-state index < -0.39 is 0 Å². The molecule has 5 rings (SSSR count). The lowest BCUT2D eigenvalue weighted by Gasteiger charge is -2.26. The molecule has 1 aliphatic heterocycles. The Balaban J connectivity index is 1.41. The van der Waals surface area contributed by atoms with Crippen molar-refractivity contribution in [3.05, 3.63) is 78.1 Å². The van der Waals surface area contributed by atoms with Gasteiger partial charge in [0.2, 0.25) is 0 Å². The summed E-state index contributed by atoms with van der Waals surface area (Å²) in [5.74, 6) is 1.46. The second-order valence-corrected chi connectivity index (χ2v) is 6.76. The van der Waals surface area contributed by atoms with Gasteiger partial charge in [-0.15, -0.1) is 0 Å². The first kappa shape index (κ1) is 16.5. The maximum Gasteiger partial charge on any atom is 0.251 e. The first-order valence-electron chi connectivity index (χ1n) is 9.21. The van der Waals surface area contributed by atoms with Crippen LogP contribution in [0.5, 0.6) is 5.75 Å². The molecule has 0 radical (unpaired) electrons. The zero-order valence-electron chi connectivity index (χ0n) is 15.1. The molecule has 0 saturated heterocycles. The van der Waals surface area contributed by atoms with Crippen molar-refractivity contribution in [2.75, 3.05) is 6.61 Å². The van der Waals surface area contributed by atoms with E-state index in [-0.39, 0.29) is 11.9 Å². The van der Waals surface area contributed by atoms with Gasteiger partial charge in [-0.3, -0.25) is 9.78 Å². The van der Waals surface area contributed by atoms with Crippen molar-refractivity contribution < 1.29 is 9.53 Å². The number of imidazole rings is 1. The minimum absolute atomic E-state index is 0.0548. The molecule has 0 saturated carbocycles. The molecule has 6 heteroatoms. The van der Waals surface area contributed by atoms with Gasteiger partial charge < -0.3 is 15.0 Å². The predicted molar refractivity (Wildman–Crippen MR) is 106 cm³/mol. The smallest absolute Gasteiger partial charge is 0.251 e. The number of hydrogen-bond donors (Lipinski definition) is 2. The van der Waals surface area contributed by atoms with Crippen molar-refractivity contribution in [2.45, 2.75) is 12.5 Å². The number of H-pyrrole nitrogens is 1. The van der Waals surface area contributed by atoms with E-state index in [0.29, 0.717) is 12.2 Å². The van der Waals surface area contributed by atoms with Gasteiger partial charge in [0.25, 0.3) is 5.91 Å². The Morgan fingerprint density at radius 1 is 1.14 bits per heavy atom. The van der Waals surface area contributed by atoms with Crippen LogP contribution in [0.2, 0.25) is 0 Å². The molecule has 1 aliphatic rings. The van der Waals surface area contributed by atoms with Crippen LogP contribution in [0.15, 0.2) is 67.0 Å². The van der Waals surface area contributed by atoms with Crippen molar-refractivity contribution in [2.24, 2.45) is 0 Å². The van der Waals surface area contributed by atoms with Crippen LogP contribution in [0.1, 0.15) is 28.4 Å². The monoisotopic (exact) mass is 370 g/mol. The maximum atomic E-state index is 12.8. The average molecular weight is 370 g/mol. The van der Waals surface area contributed by atoms with E-state index in [4.69, 9.17) is 4.74 Å².